The number of hydrogen-bond donors (Lipinski definition) is 0. The second kappa shape index (κ2) is 4.08. The number of allylic oxidation sites excluding steroid dienone is 4. The largest absolute Gasteiger partial charge is 0.455 e. The highest BCUT2D eigenvalue weighted by molar-refractivity contribution is 5.88. The molecule has 0 saturated carbocycles. The first-order valence-corrected chi connectivity index (χ1v) is 4.34. The smallest absolute Gasteiger partial charge is 0.334 e. The fraction of sp³-hybridized carbons (Fsp3) is 0.364. The van der Waals surface area contributed by atoms with Crippen LogP contribution in [0.3, 0.4) is 0 Å². The van der Waals surface area contributed by atoms with Crippen LogP contribution in [0.15, 0.2) is 35.5 Å². The summed E-state index contributed by atoms with van der Waals surface area (Å²) in [5, 5.41) is 0. The zero-order chi connectivity index (χ0) is 9.84. The second-order valence-corrected chi connectivity index (χ2v) is 3.19. The lowest BCUT2D eigenvalue weighted by Crippen LogP contribution is -2.16. The topological polar surface area (TPSA) is 26.3 Å². The van der Waals surface area contributed by atoms with E-state index in [2.05, 4.69) is 0 Å². The third kappa shape index (κ3) is 2.58. The number of cyclic esters (lactones) is 1. The van der Waals surface area contributed by atoms with Gasteiger partial charge in [-0.3, -0.25) is 0 Å². The minimum absolute atomic E-state index is 0.140. The van der Waals surface area contributed by atoms with Crippen LogP contribution in [0, 0.1) is 0 Å². The van der Waals surface area contributed by atoms with E-state index in [1.54, 1.807) is 13.0 Å². The van der Waals surface area contributed by atoms with Gasteiger partial charge in [-0.05, 0) is 26.3 Å². The zero-order valence-electron chi connectivity index (χ0n) is 8.20. The van der Waals surface area contributed by atoms with E-state index in [0.29, 0.717) is 5.57 Å². The molecule has 1 rings (SSSR count). The lowest BCUT2D eigenvalue weighted by atomic mass is 10.2. The van der Waals surface area contributed by atoms with Gasteiger partial charge in [-0.25, -0.2) is 4.79 Å². The van der Waals surface area contributed by atoms with E-state index in [1.165, 1.54) is 0 Å². The number of hydrogen-bond acceptors (Lipinski definition) is 2. The van der Waals surface area contributed by atoms with Gasteiger partial charge in [0.25, 0.3) is 0 Å². The first-order chi connectivity index (χ1) is 6.11. The van der Waals surface area contributed by atoms with E-state index in [9.17, 15) is 4.79 Å². The first-order valence-electron chi connectivity index (χ1n) is 4.34. The van der Waals surface area contributed by atoms with Crippen molar-refractivity contribution < 1.29 is 9.53 Å². The fourth-order valence-electron chi connectivity index (χ4n) is 0.957. The Morgan fingerprint density at radius 2 is 1.85 bits per heavy atom. The molecule has 0 radical (unpaired) electrons. The third-order valence-electron chi connectivity index (χ3n) is 2.06. The average Bonchev–Trinajstić information content (AvgIpc) is 2.13. The van der Waals surface area contributed by atoms with Crippen LogP contribution in [0.25, 0.3) is 0 Å². The fourth-order valence-corrected chi connectivity index (χ4v) is 0.957. The van der Waals surface area contributed by atoms with Crippen LogP contribution in [0.4, 0.5) is 0 Å². The maximum absolute atomic E-state index is 11.3. The van der Waals surface area contributed by atoms with Crippen LogP contribution in [-0.2, 0) is 9.53 Å². The third-order valence-corrected chi connectivity index (χ3v) is 2.06. The summed E-state index contributed by atoms with van der Waals surface area (Å²) in [6, 6.07) is 0. The molecule has 0 fully saturated rings. The first kappa shape index (κ1) is 9.78. The van der Waals surface area contributed by atoms with E-state index in [-0.39, 0.29) is 12.1 Å². The van der Waals surface area contributed by atoms with E-state index in [0.717, 1.165) is 5.57 Å². The molecule has 0 aromatic carbocycles. The molecule has 1 unspecified atom stereocenters. The molecule has 0 spiro atoms. The summed E-state index contributed by atoms with van der Waals surface area (Å²) in [5.41, 5.74) is 1.68. The predicted octanol–water partition coefficient (Wildman–Crippen LogP) is 2.38. The van der Waals surface area contributed by atoms with Crippen LogP contribution < -0.4 is 0 Å². The normalized spacial score (nSPS) is 34.1. The van der Waals surface area contributed by atoms with E-state index < -0.39 is 0 Å². The van der Waals surface area contributed by atoms with Crippen LogP contribution in [-0.4, -0.2) is 12.1 Å². The summed E-state index contributed by atoms with van der Waals surface area (Å²) in [7, 11) is 0. The lowest BCUT2D eigenvalue weighted by molar-refractivity contribution is -0.141. The standard InChI is InChI=1S/C11H14O2/c1-8-6-4-5-7-9(2)11(12)13-10(8)3/h4-7,10H,1-3H3/b5-4-,8-6+,9-7+. The van der Waals surface area contributed by atoms with Crippen molar-refractivity contribution in [2.45, 2.75) is 26.9 Å². The summed E-state index contributed by atoms with van der Waals surface area (Å²) in [4.78, 5) is 11.3. The zero-order valence-corrected chi connectivity index (χ0v) is 8.20. The summed E-state index contributed by atoms with van der Waals surface area (Å²) in [6.45, 7) is 5.57. The minimum Gasteiger partial charge on any atom is -0.455 e. The van der Waals surface area contributed by atoms with E-state index in [4.69, 9.17) is 4.74 Å². The molecule has 0 N–H and O–H groups in total. The summed E-state index contributed by atoms with van der Waals surface area (Å²) >= 11 is 0. The molecule has 0 aliphatic carbocycles. The highest BCUT2D eigenvalue weighted by atomic mass is 16.5. The van der Waals surface area contributed by atoms with Crippen molar-refractivity contribution in [3.63, 3.8) is 0 Å². The van der Waals surface area contributed by atoms with E-state index in [1.807, 2.05) is 32.1 Å². The van der Waals surface area contributed by atoms with Crippen molar-refractivity contribution in [1.82, 2.24) is 0 Å². The second-order valence-electron chi connectivity index (χ2n) is 3.19. The Labute approximate surface area is 78.6 Å². The van der Waals surface area contributed by atoms with Gasteiger partial charge in [0, 0.05) is 5.57 Å². The van der Waals surface area contributed by atoms with Crippen LogP contribution >= 0.6 is 0 Å². The number of rotatable bonds is 0. The molecule has 0 aromatic rings. The monoisotopic (exact) mass is 178 g/mol. The predicted molar refractivity (Wildman–Crippen MR) is 52.2 cm³/mol. The molecular formula is C11H14O2. The Bertz CT molecular complexity index is 295. The molecular weight excluding hydrogens is 164 g/mol. The molecule has 0 aromatic heterocycles. The van der Waals surface area contributed by atoms with Gasteiger partial charge in [-0.15, -0.1) is 0 Å². The Morgan fingerprint density at radius 3 is 2.54 bits per heavy atom. The lowest BCUT2D eigenvalue weighted by Gasteiger charge is -2.12. The molecule has 1 atom stereocenters. The molecule has 1 heterocycles. The van der Waals surface area contributed by atoms with Crippen LogP contribution in [0.2, 0.25) is 0 Å². The minimum atomic E-state index is -0.244. The van der Waals surface area contributed by atoms with Crippen molar-refractivity contribution in [3.05, 3.63) is 35.5 Å². The van der Waals surface area contributed by atoms with Gasteiger partial charge in [0.2, 0.25) is 0 Å². The maximum atomic E-state index is 11.3. The van der Waals surface area contributed by atoms with Gasteiger partial charge < -0.3 is 4.74 Å². The SMILES string of the molecule is C\C1=C/C=C\C=C(/C)C(C)OC1=O. The van der Waals surface area contributed by atoms with Gasteiger partial charge in [0.05, 0.1) is 0 Å². The Hall–Kier alpha value is -1.31. The highest BCUT2D eigenvalue weighted by Gasteiger charge is 2.12. The molecule has 0 amide bonds. The Kier molecular flexibility index (Phi) is 3.07. The summed E-state index contributed by atoms with van der Waals surface area (Å²) < 4.78 is 5.18. The maximum Gasteiger partial charge on any atom is 0.334 e. The van der Waals surface area contributed by atoms with Gasteiger partial charge in [-0.2, -0.15) is 0 Å². The molecule has 2 nitrogen and oxygen atoms in total. The average molecular weight is 178 g/mol. The van der Waals surface area contributed by atoms with Crippen LogP contribution in [0.5, 0.6) is 0 Å². The van der Waals surface area contributed by atoms with Crippen LogP contribution in [0.1, 0.15) is 20.8 Å². The Balaban J connectivity index is 2.94. The van der Waals surface area contributed by atoms with Gasteiger partial charge >= 0.3 is 5.97 Å². The number of esters is 1. The quantitative estimate of drug-likeness (QED) is 0.532. The van der Waals surface area contributed by atoms with Crippen molar-refractivity contribution in [3.8, 4) is 0 Å². The molecule has 2 heteroatoms. The molecule has 1 aliphatic heterocycles. The summed E-state index contributed by atoms with van der Waals surface area (Å²) in [5.74, 6) is -0.244. The van der Waals surface area contributed by atoms with Gasteiger partial charge in [0.15, 0.2) is 0 Å². The van der Waals surface area contributed by atoms with Crippen molar-refractivity contribution in [2.24, 2.45) is 0 Å². The Morgan fingerprint density at radius 1 is 1.23 bits per heavy atom. The molecule has 0 bridgehead atoms. The molecule has 70 valence electrons. The molecule has 1 aliphatic rings. The molecule has 0 saturated heterocycles. The van der Waals surface area contributed by atoms with Crippen molar-refractivity contribution >= 4 is 5.97 Å². The van der Waals surface area contributed by atoms with Gasteiger partial charge in [-0.1, -0.05) is 24.3 Å². The van der Waals surface area contributed by atoms with Gasteiger partial charge in [0.1, 0.15) is 6.10 Å². The molecule has 13 heavy (non-hydrogen) atoms. The van der Waals surface area contributed by atoms with E-state index >= 15 is 0 Å². The number of carbonyl (C=O) groups is 1. The highest BCUT2D eigenvalue weighted by Crippen LogP contribution is 2.10. The number of ether oxygens (including phenoxy) is 1. The van der Waals surface area contributed by atoms with Crippen molar-refractivity contribution in [1.29, 1.82) is 0 Å². The van der Waals surface area contributed by atoms with Crippen molar-refractivity contribution in [2.75, 3.05) is 0 Å². The summed E-state index contributed by atoms with van der Waals surface area (Å²) in [6.07, 6.45) is 7.32. The number of carbonyl (C=O) groups excluding carboxylic acids is 1.